The van der Waals surface area contributed by atoms with Gasteiger partial charge in [-0.1, -0.05) is 11.6 Å². The highest BCUT2D eigenvalue weighted by atomic mass is 35.5. The Morgan fingerprint density at radius 2 is 2.47 bits per heavy atom. The zero-order valence-electron chi connectivity index (χ0n) is 9.47. The van der Waals surface area contributed by atoms with Crippen molar-refractivity contribution in [3.05, 3.63) is 41.1 Å². The molecule has 0 aliphatic heterocycles. The lowest BCUT2D eigenvalue weighted by Crippen LogP contribution is -2.19. The van der Waals surface area contributed by atoms with Gasteiger partial charge < -0.3 is 14.9 Å². The van der Waals surface area contributed by atoms with Crippen LogP contribution in [0.4, 0.5) is 0 Å². The van der Waals surface area contributed by atoms with E-state index in [0.717, 1.165) is 11.3 Å². The standard InChI is InChI=1S/C11H14ClN3O2/c1-16-5-3-15-11(9(12)6-14-15)10(13)8-2-4-17-7-8/h2,4,6-7,10H,3,5,13H2,1H3. The summed E-state index contributed by atoms with van der Waals surface area (Å²) in [5, 5.41) is 4.73. The SMILES string of the molecule is COCCn1ncc(Cl)c1C(N)c1ccoc1. The summed E-state index contributed by atoms with van der Waals surface area (Å²) in [4.78, 5) is 0. The minimum atomic E-state index is -0.347. The fraction of sp³-hybridized carbons (Fsp3) is 0.364. The van der Waals surface area contributed by atoms with Crippen molar-refractivity contribution in [2.24, 2.45) is 5.73 Å². The Hall–Kier alpha value is -1.30. The Morgan fingerprint density at radius 1 is 1.65 bits per heavy atom. The van der Waals surface area contributed by atoms with E-state index in [4.69, 9.17) is 26.5 Å². The molecule has 2 rings (SSSR count). The largest absolute Gasteiger partial charge is 0.472 e. The molecule has 0 fully saturated rings. The molecule has 0 saturated carbocycles. The number of ether oxygens (including phenoxy) is 1. The van der Waals surface area contributed by atoms with Gasteiger partial charge in [-0.3, -0.25) is 4.68 Å². The molecule has 0 aliphatic carbocycles. The highest BCUT2D eigenvalue weighted by Gasteiger charge is 2.19. The minimum Gasteiger partial charge on any atom is -0.472 e. The van der Waals surface area contributed by atoms with Crippen LogP contribution in [0.3, 0.4) is 0 Å². The summed E-state index contributed by atoms with van der Waals surface area (Å²) in [7, 11) is 1.64. The summed E-state index contributed by atoms with van der Waals surface area (Å²) < 4.78 is 11.8. The highest BCUT2D eigenvalue weighted by molar-refractivity contribution is 6.31. The summed E-state index contributed by atoms with van der Waals surface area (Å²) >= 11 is 6.10. The van der Waals surface area contributed by atoms with Crippen LogP contribution >= 0.6 is 11.6 Å². The summed E-state index contributed by atoms with van der Waals surface area (Å²) in [6.45, 7) is 1.17. The Balaban J connectivity index is 2.27. The van der Waals surface area contributed by atoms with Gasteiger partial charge in [-0.15, -0.1) is 0 Å². The van der Waals surface area contributed by atoms with Gasteiger partial charge in [0.15, 0.2) is 0 Å². The van der Waals surface area contributed by atoms with Crippen LogP contribution in [0.25, 0.3) is 0 Å². The van der Waals surface area contributed by atoms with Crippen LogP contribution in [-0.2, 0) is 11.3 Å². The Morgan fingerprint density at radius 3 is 3.12 bits per heavy atom. The van der Waals surface area contributed by atoms with Crippen molar-refractivity contribution in [2.75, 3.05) is 13.7 Å². The van der Waals surface area contributed by atoms with Crippen molar-refractivity contribution in [2.45, 2.75) is 12.6 Å². The van der Waals surface area contributed by atoms with Crippen LogP contribution in [0.15, 0.2) is 29.2 Å². The van der Waals surface area contributed by atoms with Gasteiger partial charge in [0.05, 0.1) is 48.6 Å². The predicted octanol–water partition coefficient (Wildman–Crippen LogP) is 1.82. The fourth-order valence-electron chi connectivity index (χ4n) is 1.65. The maximum absolute atomic E-state index is 6.13. The zero-order chi connectivity index (χ0) is 12.3. The van der Waals surface area contributed by atoms with E-state index in [1.807, 2.05) is 6.07 Å². The van der Waals surface area contributed by atoms with Gasteiger partial charge in [0, 0.05) is 12.7 Å². The van der Waals surface area contributed by atoms with Gasteiger partial charge in [0.1, 0.15) is 0 Å². The first kappa shape index (κ1) is 12.2. The number of methoxy groups -OCH3 is 1. The average Bonchev–Trinajstić information content (AvgIpc) is 2.95. The molecule has 0 amide bonds. The van der Waals surface area contributed by atoms with Crippen molar-refractivity contribution in [1.29, 1.82) is 0 Å². The molecule has 17 heavy (non-hydrogen) atoms. The van der Waals surface area contributed by atoms with Crippen LogP contribution in [-0.4, -0.2) is 23.5 Å². The normalized spacial score (nSPS) is 12.9. The van der Waals surface area contributed by atoms with Crippen molar-refractivity contribution in [1.82, 2.24) is 9.78 Å². The second-order valence-electron chi connectivity index (χ2n) is 3.63. The van der Waals surface area contributed by atoms with Gasteiger partial charge in [0.25, 0.3) is 0 Å². The molecule has 92 valence electrons. The predicted molar refractivity (Wildman–Crippen MR) is 63.9 cm³/mol. The Kier molecular flexibility index (Phi) is 3.83. The molecule has 0 spiro atoms. The van der Waals surface area contributed by atoms with Gasteiger partial charge in [-0.05, 0) is 6.07 Å². The van der Waals surface area contributed by atoms with E-state index in [1.54, 1.807) is 30.5 Å². The van der Waals surface area contributed by atoms with Gasteiger partial charge in [-0.2, -0.15) is 5.10 Å². The molecular weight excluding hydrogens is 242 g/mol. The van der Waals surface area contributed by atoms with Crippen molar-refractivity contribution in [3.63, 3.8) is 0 Å². The summed E-state index contributed by atoms with van der Waals surface area (Å²) in [6, 6.07) is 1.47. The number of furan rings is 1. The van der Waals surface area contributed by atoms with Crippen LogP contribution < -0.4 is 5.73 Å². The molecule has 0 bridgehead atoms. The zero-order valence-corrected chi connectivity index (χ0v) is 10.2. The molecule has 1 atom stereocenters. The third-order valence-corrected chi connectivity index (χ3v) is 2.83. The highest BCUT2D eigenvalue weighted by Crippen LogP contribution is 2.26. The number of rotatable bonds is 5. The van der Waals surface area contributed by atoms with Crippen molar-refractivity contribution in [3.8, 4) is 0 Å². The third kappa shape index (κ3) is 2.52. The van der Waals surface area contributed by atoms with E-state index in [9.17, 15) is 0 Å². The van der Waals surface area contributed by atoms with Crippen molar-refractivity contribution >= 4 is 11.6 Å². The maximum atomic E-state index is 6.13. The molecular formula is C11H14ClN3O2. The fourth-order valence-corrected chi connectivity index (χ4v) is 1.91. The first-order valence-electron chi connectivity index (χ1n) is 5.22. The molecule has 6 heteroatoms. The number of halogens is 1. The second-order valence-corrected chi connectivity index (χ2v) is 4.04. The first-order chi connectivity index (χ1) is 8.24. The van der Waals surface area contributed by atoms with Crippen LogP contribution in [0, 0.1) is 0 Å². The molecule has 2 N–H and O–H groups in total. The van der Waals surface area contributed by atoms with E-state index in [0.29, 0.717) is 18.2 Å². The smallest absolute Gasteiger partial charge is 0.0954 e. The van der Waals surface area contributed by atoms with E-state index in [1.165, 1.54) is 0 Å². The first-order valence-corrected chi connectivity index (χ1v) is 5.59. The van der Waals surface area contributed by atoms with E-state index in [2.05, 4.69) is 5.10 Å². The molecule has 0 aromatic carbocycles. The molecule has 2 aromatic rings. The maximum Gasteiger partial charge on any atom is 0.0954 e. The van der Waals surface area contributed by atoms with Gasteiger partial charge >= 0.3 is 0 Å². The molecule has 1 unspecified atom stereocenters. The van der Waals surface area contributed by atoms with Crippen LogP contribution in [0.5, 0.6) is 0 Å². The summed E-state index contributed by atoms with van der Waals surface area (Å²) in [5.74, 6) is 0. The topological polar surface area (TPSA) is 66.2 Å². The van der Waals surface area contributed by atoms with E-state index < -0.39 is 0 Å². The van der Waals surface area contributed by atoms with Gasteiger partial charge in [0.2, 0.25) is 0 Å². The number of nitrogens with two attached hydrogens (primary N) is 1. The second kappa shape index (κ2) is 5.35. The molecule has 2 aromatic heterocycles. The Labute approximate surface area is 104 Å². The average molecular weight is 256 g/mol. The van der Waals surface area contributed by atoms with Crippen LogP contribution in [0.1, 0.15) is 17.3 Å². The quantitative estimate of drug-likeness (QED) is 0.885. The van der Waals surface area contributed by atoms with Crippen molar-refractivity contribution < 1.29 is 9.15 Å². The molecule has 0 radical (unpaired) electrons. The lowest BCUT2D eigenvalue weighted by Gasteiger charge is -2.13. The molecule has 0 aliphatic rings. The summed E-state index contributed by atoms with van der Waals surface area (Å²) in [5.41, 5.74) is 7.77. The Bertz CT molecular complexity index is 467. The minimum absolute atomic E-state index is 0.347. The number of aromatic nitrogens is 2. The van der Waals surface area contributed by atoms with E-state index >= 15 is 0 Å². The lowest BCUT2D eigenvalue weighted by molar-refractivity contribution is 0.182. The van der Waals surface area contributed by atoms with Gasteiger partial charge in [-0.25, -0.2) is 0 Å². The third-order valence-electron chi connectivity index (χ3n) is 2.54. The van der Waals surface area contributed by atoms with Crippen LogP contribution in [0.2, 0.25) is 5.02 Å². The number of hydrogen-bond acceptors (Lipinski definition) is 4. The molecule has 5 nitrogen and oxygen atoms in total. The lowest BCUT2D eigenvalue weighted by atomic mass is 10.1. The number of hydrogen-bond donors (Lipinski definition) is 1. The molecule has 0 saturated heterocycles. The summed E-state index contributed by atoms with van der Waals surface area (Å²) in [6.07, 6.45) is 4.78. The van der Waals surface area contributed by atoms with E-state index in [-0.39, 0.29) is 6.04 Å². The number of nitrogens with zero attached hydrogens (tertiary/aromatic N) is 2. The monoisotopic (exact) mass is 255 g/mol. The molecule has 2 heterocycles.